The van der Waals surface area contributed by atoms with Gasteiger partial charge in [0.2, 0.25) is 0 Å². The number of benzene rings is 1. The first-order valence-electron chi connectivity index (χ1n) is 5.20. The number of nitrogens with zero attached hydrogens (tertiary/aromatic N) is 2. The molecule has 2 N–H and O–H groups in total. The highest BCUT2D eigenvalue weighted by molar-refractivity contribution is 7.92. The second-order valence-electron chi connectivity index (χ2n) is 3.93. The molecule has 0 radical (unpaired) electrons. The molecule has 0 saturated carbocycles. The van der Waals surface area contributed by atoms with E-state index < -0.39 is 10.0 Å². The van der Waals surface area contributed by atoms with E-state index in [0.717, 1.165) is 0 Å². The summed E-state index contributed by atoms with van der Waals surface area (Å²) in [4.78, 5) is 0.0471. The molecular weight excluding hydrogens is 254 g/mol. The number of hydrogen-bond donors (Lipinski definition) is 2. The molecule has 0 unspecified atom stereocenters. The van der Waals surface area contributed by atoms with E-state index in [-0.39, 0.29) is 16.3 Å². The fraction of sp³-hybridized carbons (Fsp3) is 0.182. The Morgan fingerprint density at radius 2 is 2.11 bits per heavy atom. The molecule has 0 amide bonds. The van der Waals surface area contributed by atoms with Crippen LogP contribution in [0.5, 0.6) is 5.75 Å². The van der Waals surface area contributed by atoms with Crippen molar-refractivity contribution in [1.82, 2.24) is 9.78 Å². The van der Waals surface area contributed by atoms with Crippen molar-refractivity contribution < 1.29 is 13.5 Å². The minimum absolute atomic E-state index is 0.0471. The predicted octanol–water partition coefficient (Wildman–Crippen LogP) is 1.23. The lowest BCUT2D eigenvalue weighted by Gasteiger charge is -2.09. The molecule has 2 rings (SSSR count). The Labute approximate surface area is 105 Å². The van der Waals surface area contributed by atoms with Gasteiger partial charge in [0, 0.05) is 13.2 Å². The largest absolute Gasteiger partial charge is 0.505 e. The number of sulfonamides is 1. The minimum Gasteiger partial charge on any atom is -0.505 e. The van der Waals surface area contributed by atoms with Gasteiger partial charge in [-0.2, -0.15) is 5.10 Å². The van der Waals surface area contributed by atoms with Gasteiger partial charge in [-0.3, -0.25) is 9.40 Å². The molecule has 18 heavy (non-hydrogen) atoms. The summed E-state index contributed by atoms with van der Waals surface area (Å²) in [7, 11) is -2.10. The lowest BCUT2D eigenvalue weighted by Crippen LogP contribution is -2.12. The van der Waals surface area contributed by atoms with Crippen molar-refractivity contribution in [3.05, 3.63) is 36.2 Å². The average Bonchev–Trinajstić information content (AvgIpc) is 2.72. The van der Waals surface area contributed by atoms with E-state index in [2.05, 4.69) is 9.82 Å². The maximum Gasteiger partial charge on any atom is 0.265 e. The lowest BCUT2D eigenvalue weighted by molar-refractivity contribution is 0.473. The first-order valence-corrected chi connectivity index (χ1v) is 6.68. The van der Waals surface area contributed by atoms with Crippen molar-refractivity contribution in [2.24, 2.45) is 7.05 Å². The molecule has 1 aromatic heterocycles. The van der Waals surface area contributed by atoms with Gasteiger partial charge in [-0.15, -0.1) is 0 Å². The number of aromatic nitrogens is 2. The quantitative estimate of drug-likeness (QED) is 0.819. The Kier molecular flexibility index (Phi) is 3.00. The van der Waals surface area contributed by atoms with Crippen molar-refractivity contribution in [2.45, 2.75) is 11.8 Å². The summed E-state index contributed by atoms with van der Waals surface area (Å²) in [6.45, 7) is 1.69. The highest BCUT2D eigenvalue weighted by atomic mass is 32.2. The Bertz CT molecular complexity index is 677. The SMILES string of the molecule is Cc1cccc(NS(=O)(=O)c2cnn(C)c2)c1O. The summed E-state index contributed by atoms with van der Waals surface area (Å²) in [5.74, 6) is -0.0787. The van der Waals surface area contributed by atoms with Crippen molar-refractivity contribution in [3.8, 4) is 5.75 Å². The van der Waals surface area contributed by atoms with Gasteiger partial charge in [0.25, 0.3) is 10.0 Å². The highest BCUT2D eigenvalue weighted by Crippen LogP contribution is 2.28. The van der Waals surface area contributed by atoms with Gasteiger partial charge in [0.15, 0.2) is 0 Å². The molecular formula is C11H13N3O3S. The molecule has 0 fully saturated rings. The number of rotatable bonds is 3. The first kappa shape index (κ1) is 12.4. The first-order chi connectivity index (χ1) is 8.40. The fourth-order valence-corrected chi connectivity index (χ4v) is 2.53. The fourth-order valence-electron chi connectivity index (χ4n) is 1.48. The topological polar surface area (TPSA) is 84.2 Å². The van der Waals surface area contributed by atoms with Crippen LogP contribution in [0.4, 0.5) is 5.69 Å². The van der Waals surface area contributed by atoms with Gasteiger partial charge >= 0.3 is 0 Å². The molecule has 6 nitrogen and oxygen atoms in total. The van der Waals surface area contributed by atoms with Gasteiger partial charge in [-0.05, 0) is 18.6 Å². The van der Waals surface area contributed by atoms with Crippen LogP contribution in [0.25, 0.3) is 0 Å². The Balaban J connectivity index is 2.37. The van der Waals surface area contributed by atoms with Crippen LogP contribution in [0, 0.1) is 6.92 Å². The van der Waals surface area contributed by atoms with Gasteiger partial charge in [-0.1, -0.05) is 12.1 Å². The molecule has 1 aromatic carbocycles. The lowest BCUT2D eigenvalue weighted by atomic mass is 10.2. The summed E-state index contributed by atoms with van der Waals surface area (Å²) in [6, 6.07) is 4.85. The molecule has 0 aliphatic heterocycles. The van der Waals surface area contributed by atoms with Crippen molar-refractivity contribution in [1.29, 1.82) is 0 Å². The smallest absolute Gasteiger partial charge is 0.265 e. The van der Waals surface area contributed by atoms with Crippen LogP contribution in [0.2, 0.25) is 0 Å². The Morgan fingerprint density at radius 1 is 1.39 bits per heavy atom. The van der Waals surface area contributed by atoms with Crippen LogP contribution in [0.1, 0.15) is 5.56 Å². The minimum atomic E-state index is -3.73. The van der Waals surface area contributed by atoms with E-state index in [1.807, 2.05) is 0 Å². The van der Waals surface area contributed by atoms with Gasteiger partial charge in [0.1, 0.15) is 10.6 Å². The Hall–Kier alpha value is -2.02. The van der Waals surface area contributed by atoms with Crippen LogP contribution >= 0.6 is 0 Å². The molecule has 0 aliphatic rings. The number of anilines is 1. The maximum atomic E-state index is 12.0. The zero-order chi connectivity index (χ0) is 13.3. The number of nitrogens with one attached hydrogen (secondary N) is 1. The van der Waals surface area contributed by atoms with Crippen molar-refractivity contribution >= 4 is 15.7 Å². The third kappa shape index (κ3) is 2.30. The molecule has 0 saturated heterocycles. The Morgan fingerprint density at radius 3 is 2.72 bits per heavy atom. The van der Waals surface area contributed by atoms with E-state index in [0.29, 0.717) is 5.56 Å². The highest BCUT2D eigenvalue weighted by Gasteiger charge is 2.18. The average molecular weight is 267 g/mol. The third-order valence-corrected chi connectivity index (χ3v) is 3.79. The number of hydrogen-bond acceptors (Lipinski definition) is 4. The van der Waals surface area contributed by atoms with Crippen molar-refractivity contribution in [3.63, 3.8) is 0 Å². The zero-order valence-corrected chi connectivity index (χ0v) is 10.8. The van der Waals surface area contributed by atoms with Gasteiger partial charge < -0.3 is 5.11 Å². The number of para-hydroxylation sites is 1. The van der Waals surface area contributed by atoms with Crippen LogP contribution in [-0.2, 0) is 17.1 Å². The van der Waals surface area contributed by atoms with E-state index in [1.165, 1.54) is 23.1 Å². The standard InChI is InChI=1S/C11H13N3O3S/c1-8-4-3-5-10(11(8)15)13-18(16,17)9-6-12-14(2)7-9/h3-7,13,15H,1-2H3. The van der Waals surface area contributed by atoms with Crippen LogP contribution in [-0.4, -0.2) is 23.3 Å². The molecule has 0 atom stereocenters. The van der Waals surface area contributed by atoms with Crippen LogP contribution < -0.4 is 4.72 Å². The summed E-state index contributed by atoms with van der Waals surface area (Å²) in [6.07, 6.45) is 2.63. The second-order valence-corrected chi connectivity index (χ2v) is 5.61. The number of phenolic OH excluding ortho intramolecular Hbond substituents is 1. The van der Waals surface area contributed by atoms with Crippen molar-refractivity contribution in [2.75, 3.05) is 4.72 Å². The normalized spacial score (nSPS) is 11.4. The number of phenols is 1. The molecule has 2 aromatic rings. The molecule has 1 heterocycles. The van der Waals surface area contributed by atoms with Crippen LogP contribution in [0.3, 0.4) is 0 Å². The predicted molar refractivity (Wildman–Crippen MR) is 66.9 cm³/mol. The summed E-state index contributed by atoms with van der Waals surface area (Å²) >= 11 is 0. The molecule has 7 heteroatoms. The number of aryl methyl sites for hydroxylation is 2. The molecule has 0 bridgehead atoms. The molecule has 0 aliphatic carbocycles. The molecule has 0 spiro atoms. The summed E-state index contributed by atoms with van der Waals surface area (Å²) in [5, 5.41) is 13.6. The van der Waals surface area contributed by atoms with Gasteiger partial charge in [-0.25, -0.2) is 8.42 Å². The third-order valence-electron chi connectivity index (χ3n) is 2.47. The zero-order valence-electron chi connectivity index (χ0n) is 9.95. The van der Waals surface area contributed by atoms with Crippen LogP contribution in [0.15, 0.2) is 35.5 Å². The maximum absolute atomic E-state index is 12.0. The summed E-state index contributed by atoms with van der Waals surface area (Å²) < 4.78 is 27.7. The summed E-state index contributed by atoms with van der Waals surface area (Å²) in [5.41, 5.74) is 0.750. The van der Waals surface area contributed by atoms with E-state index in [9.17, 15) is 13.5 Å². The van der Waals surface area contributed by atoms with E-state index >= 15 is 0 Å². The number of aromatic hydroxyl groups is 1. The van der Waals surface area contributed by atoms with E-state index in [4.69, 9.17) is 0 Å². The second kappa shape index (κ2) is 4.34. The van der Waals surface area contributed by atoms with Gasteiger partial charge in [0.05, 0.1) is 11.9 Å². The monoisotopic (exact) mass is 267 g/mol. The molecule has 96 valence electrons. The van der Waals surface area contributed by atoms with E-state index in [1.54, 1.807) is 26.1 Å².